The molecular formula is C32H38NO4P. The summed E-state index contributed by atoms with van der Waals surface area (Å²) in [5, 5.41) is 3.57. The molecule has 0 bridgehead atoms. The van der Waals surface area contributed by atoms with Crippen molar-refractivity contribution < 1.29 is 19.0 Å². The zero-order valence-corrected chi connectivity index (χ0v) is 23.0. The summed E-state index contributed by atoms with van der Waals surface area (Å²) in [5.41, 5.74) is 7.42. The normalized spacial score (nSPS) is 18.1. The first-order chi connectivity index (χ1) is 18.6. The lowest BCUT2D eigenvalue weighted by molar-refractivity contribution is 0.169. The van der Waals surface area contributed by atoms with E-state index in [0.29, 0.717) is 5.75 Å². The molecule has 6 heteroatoms. The number of benzene rings is 3. The molecule has 2 aliphatic rings. The maximum atomic E-state index is 9.24. The molecule has 1 saturated carbocycles. The van der Waals surface area contributed by atoms with E-state index in [0.717, 1.165) is 48.6 Å². The minimum Gasteiger partial charge on any atom is -0.476 e. The molecule has 0 amide bonds. The van der Waals surface area contributed by atoms with Gasteiger partial charge in [0.15, 0.2) is 0 Å². The van der Waals surface area contributed by atoms with Crippen LogP contribution in [0, 0.1) is 5.92 Å². The summed E-state index contributed by atoms with van der Waals surface area (Å²) in [6.45, 7) is 3.10. The van der Waals surface area contributed by atoms with Gasteiger partial charge in [-0.15, -0.1) is 0 Å². The predicted molar refractivity (Wildman–Crippen MR) is 155 cm³/mol. The highest BCUT2D eigenvalue weighted by Crippen LogP contribution is 2.41. The van der Waals surface area contributed by atoms with E-state index in [1.807, 2.05) is 12.1 Å². The van der Waals surface area contributed by atoms with Crippen molar-refractivity contribution in [2.45, 2.75) is 64.5 Å². The second kappa shape index (κ2) is 12.9. The molecule has 1 fully saturated rings. The van der Waals surface area contributed by atoms with Crippen LogP contribution in [0.2, 0.25) is 0 Å². The van der Waals surface area contributed by atoms with Crippen molar-refractivity contribution in [2.75, 3.05) is 6.54 Å². The van der Waals surface area contributed by atoms with E-state index in [4.69, 9.17) is 9.26 Å². The van der Waals surface area contributed by atoms with Crippen molar-refractivity contribution in [3.05, 3.63) is 95.1 Å². The zero-order valence-electron chi connectivity index (χ0n) is 22.1. The van der Waals surface area contributed by atoms with Crippen molar-refractivity contribution in [3.63, 3.8) is 0 Å². The van der Waals surface area contributed by atoms with E-state index in [1.54, 1.807) is 12.1 Å². The quantitative estimate of drug-likeness (QED) is 0.197. The first kappa shape index (κ1) is 26.9. The van der Waals surface area contributed by atoms with E-state index in [2.05, 4.69) is 60.8 Å². The maximum absolute atomic E-state index is 9.24. The van der Waals surface area contributed by atoms with Crippen molar-refractivity contribution in [3.8, 4) is 11.5 Å². The third kappa shape index (κ3) is 6.84. The van der Waals surface area contributed by atoms with Gasteiger partial charge in [-0.05, 0) is 103 Å². The van der Waals surface area contributed by atoms with E-state index in [9.17, 15) is 9.79 Å². The number of ether oxygens (including phenoxy) is 1. The second-order valence-electron chi connectivity index (χ2n) is 10.4. The van der Waals surface area contributed by atoms with Gasteiger partial charge in [0.2, 0.25) is 0 Å². The fourth-order valence-corrected chi connectivity index (χ4v) is 6.15. The van der Waals surface area contributed by atoms with Crippen LogP contribution in [0.5, 0.6) is 11.5 Å². The molecule has 0 aliphatic heterocycles. The molecule has 3 aromatic carbocycles. The van der Waals surface area contributed by atoms with Crippen LogP contribution in [-0.4, -0.2) is 22.6 Å². The number of aryl methyl sites for hydroxylation is 1. The molecule has 2 aliphatic carbocycles. The lowest BCUT2D eigenvalue weighted by atomic mass is 9.81. The van der Waals surface area contributed by atoms with Gasteiger partial charge in [0.25, 0.3) is 0 Å². The number of nitrogens with one attached hydrogen (secondary N) is 1. The summed E-state index contributed by atoms with van der Waals surface area (Å²) in [6, 6.07) is 24.7. The molecule has 1 unspecified atom stereocenters. The monoisotopic (exact) mass is 531 g/mol. The molecule has 38 heavy (non-hydrogen) atoms. The largest absolute Gasteiger partial charge is 0.476 e. The first-order valence-electron chi connectivity index (χ1n) is 13.8. The predicted octanol–water partition coefficient (Wildman–Crippen LogP) is 7.47. The Morgan fingerprint density at radius 3 is 2.18 bits per heavy atom. The van der Waals surface area contributed by atoms with Crippen molar-refractivity contribution in [2.24, 2.45) is 5.92 Å². The molecule has 200 valence electrons. The molecule has 0 aromatic heterocycles. The van der Waals surface area contributed by atoms with Crippen LogP contribution in [0.3, 0.4) is 0 Å². The summed E-state index contributed by atoms with van der Waals surface area (Å²) in [5.74, 6) is 2.06. The third-order valence-electron chi connectivity index (χ3n) is 7.72. The number of rotatable bonds is 9. The minimum atomic E-state index is -2.44. The van der Waals surface area contributed by atoms with E-state index in [-0.39, 0.29) is 6.23 Å². The van der Waals surface area contributed by atoms with Crippen LogP contribution in [-0.2, 0) is 6.42 Å². The average molecular weight is 532 g/mol. The van der Waals surface area contributed by atoms with Gasteiger partial charge in [-0.3, -0.25) is 5.32 Å². The molecule has 0 saturated heterocycles. The van der Waals surface area contributed by atoms with Crippen LogP contribution in [0.25, 0.3) is 11.1 Å². The van der Waals surface area contributed by atoms with Crippen LogP contribution in [0.4, 0.5) is 0 Å². The topological polar surface area (TPSA) is 71.0 Å². The van der Waals surface area contributed by atoms with Crippen LogP contribution >= 0.6 is 8.60 Å². The van der Waals surface area contributed by atoms with Gasteiger partial charge in [-0.25, -0.2) is 0 Å². The molecular weight excluding hydrogens is 493 g/mol. The zero-order chi connectivity index (χ0) is 26.3. The highest BCUT2D eigenvalue weighted by molar-refractivity contribution is 7.39. The van der Waals surface area contributed by atoms with Gasteiger partial charge in [0, 0.05) is 6.54 Å². The number of hydrogen-bond acceptors (Lipinski definition) is 5. The highest BCUT2D eigenvalue weighted by Gasteiger charge is 2.20. The Morgan fingerprint density at radius 1 is 0.842 bits per heavy atom. The Labute approximate surface area is 227 Å². The maximum Gasteiger partial charge on any atom is 0.391 e. The van der Waals surface area contributed by atoms with Crippen LogP contribution < -0.4 is 14.6 Å². The van der Waals surface area contributed by atoms with Gasteiger partial charge in [-0.1, -0.05) is 67.8 Å². The van der Waals surface area contributed by atoms with E-state index < -0.39 is 8.60 Å². The lowest BCUT2D eigenvalue weighted by Crippen LogP contribution is -2.35. The summed E-state index contributed by atoms with van der Waals surface area (Å²) in [4.78, 5) is 18.5. The summed E-state index contributed by atoms with van der Waals surface area (Å²) < 4.78 is 11.3. The summed E-state index contributed by atoms with van der Waals surface area (Å²) in [6.07, 6.45) is 9.90. The van der Waals surface area contributed by atoms with Gasteiger partial charge in [0.1, 0.15) is 17.7 Å². The fraction of sp³-hybridized carbons (Fsp3) is 0.375. The van der Waals surface area contributed by atoms with Crippen molar-refractivity contribution in [1.82, 2.24) is 5.32 Å². The Hall–Kier alpha value is -2.69. The van der Waals surface area contributed by atoms with Crippen molar-refractivity contribution >= 4 is 19.7 Å². The molecule has 0 heterocycles. The smallest absolute Gasteiger partial charge is 0.391 e. The second-order valence-corrected chi connectivity index (χ2v) is 11.1. The summed E-state index contributed by atoms with van der Waals surface area (Å²) >= 11 is 0. The molecule has 0 radical (unpaired) electrons. The number of allylic oxidation sites excluding steroid dienone is 1. The van der Waals surface area contributed by atoms with E-state index >= 15 is 0 Å². The van der Waals surface area contributed by atoms with Crippen LogP contribution in [0.15, 0.2) is 72.8 Å². The van der Waals surface area contributed by atoms with Crippen molar-refractivity contribution in [1.29, 1.82) is 0 Å². The minimum absolute atomic E-state index is 0.0399. The summed E-state index contributed by atoms with van der Waals surface area (Å²) in [7, 11) is -2.44. The SMILES string of the molecule is CC(NCC1CCCCC1)Oc1ccc(C(=C2CCCc3ccccc32)c2ccc(OP(O)O)cc2)cc1. The van der Waals surface area contributed by atoms with Crippen LogP contribution in [0.1, 0.15) is 74.1 Å². The Morgan fingerprint density at radius 2 is 1.50 bits per heavy atom. The molecule has 0 spiro atoms. The molecule has 3 aromatic rings. The highest BCUT2D eigenvalue weighted by atomic mass is 31.2. The van der Waals surface area contributed by atoms with E-state index in [1.165, 1.54) is 54.4 Å². The van der Waals surface area contributed by atoms with Gasteiger partial charge >= 0.3 is 8.60 Å². The number of fused-ring (bicyclic) bond motifs is 1. The standard InChI is InChI=1S/C32H38NO4P/c1-23(33-22-24-8-3-2-4-9-24)36-28-18-14-26(15-19-28)32(27-16-20-29(21-17-27)37-38(34)35)31-13-7-11-25-10-5-6-12-30(25)31/h5-6,10,12,14-21,23-24,33-35H,2-4,7-9,11,13,22H2,1H3. The first-order valence-corrected chi connectivity index (χ1v) is 15.0. The third-order valence-corrected chi connectivity index (χ3v) is 8.10. The molecule has 5 nitrogen and oxygen atoms in total. The Kier molecular flexibility index (Phi) is 9.14. The van der Waals surface area contributed by atoms with Gasteiger partial charge < -0.3 is 19.0 Å². The molecule has 5 rings (SSSR count). The van der Waals surface area contributed by atoms with Gasteiger partial charge in [0.05, 0.1) is 0 Å². The Bertz CT molecular complexity index is 1220. The molecule has 1 atom stereocenters. The average Bonchev–Trinajstić information content (AvgIpc) is 2.94. The lowest BCUT2D eigenvalue weighted by Gasteiger charge is -2.25. The fourth-order valence-electron chi connectivity index (χ4n) is 5.84. The number of hydrogen-bond donors (Lipinski definition) is 3. The van der Waals surface area contributed by atoms with Gasteiger partial charge in [-0.2, -0.15) is 0 Å². The Balaban J connectivity index is 1.40. The molecule has 3 N–H and O–H groups in total.